The quantitative estimate of drug-likeness (QED) is 0.799. The molecule has 0 spiro atoms. The fraction of sp³-hybridized carbons (Fsp3) is 0.562. The lowest BCUT2D eigenvalue weighted by atomic mass is 10.1. The molecule has 0 saturated carbocycles. The van der Waals surface area contributed by atoms with E-state index in [1.807, 2.05) is 0 Å². The number of piperazine rings is 1. The van der Waals surface area contributed by atoms with Crippen LogP contribution in [0.4, 0.5) is 17.6 Å². The Morgan fingerprint density at radius 2 is 1.84 bits per heavy atom. The van der Waals surface area contributed by atoms with Gasteiger partial charge in [-0.3, -0.25) is 9.69 Å². The van der Waals surface area contributed by atoms with Gasteiger partial charge < -0.3 is 10.2 Å². The molecule has 4 nitrogen and oxygen atoms in total. The zero-order valence-electron chi connectivity index (χ0n) is 13.5. The van der Waals surface area contributed by atoms with Gasteiger partial charge in [-0.15, -0.1) is 12.4 Å². The van der Waals surface area contributed by atoms with Crippen molar-refractivity contribution in [2.45, 2.75) is 18.6 Å². The minimum Gasteiger partial charge on any atom is -0.337 e. The van der Waals surface area contributed by atoms with Crippen molar-refractivity contribution in [2.24, 2.45) is 0 Å². The molecule has 9 heteroatoms. The first-order valence-corrected chi connectivity index (χ1v) is 7.97. The lowest BCUT2D eigenvalue weighted by Crippen LogP contribution is -2.49. The molecule has 2 saturated heterocycles. The van der Waals surface area contributed by atoms with Crippen LogP contribution in [0.25, 0.3) is 0 Å². The maximum atomic E-state index is 13.4. The van der Waals surface area contributed by atoms with Crippen molar-refractivity contribution < 1.29 is 22.4 Å². The van der Waals surface area contributed by atoms with Gasteiger partial charge in [0.1, 0.15) is 5.82 Å². The third-order valence-electron chi connectivity index (χ3n) is 4.64. The van der Waals surface area contributed by atoms with Crippen molar-refractivity contribution >= 4 is 18.3 Å². The second-order valence-electron chi connectivity index (χ2n) is 6.17. The van der Waals surface area contributed by atoms with E-state index in [0.717, 1.165) is 38.7 Å². The Kier molecular flexibility index (Phi) is 6.29. The summed E-state index contributed by atoms with van der Waals surface area (Å²) in [4.78, 5) is 16.3. The highest BCUT2D eigenvalue weighted by Crippen LogP contribution is 2.32. The van der Waals surface area contributed by atoms with Crippen LogP contribution >= 0.6 is 12.4 Å². The van der Waals surface area contributed by atoms with E-state index in [9.17, 15) is 22.4 Å². The van der Waals surface area contributed by atoms with Gasteiger partial charge in [-0.25, -0.2) is 4.39 Å². The van der Waals surface area contributed by atoms with Crippen molar-refractivity contribution in [2.75, 3.05) is 39.3 Å². The van der Waals surface area contributed by atoms with Crippen LogP contribution in [0.1, 0.15) is 22.3 Å². The maximum Gasteiger partial charge on any atom is 0.419 e. The van der Waals surface area contributed by atoms with Gasteiger partial charge in [-0.2, -0.15) is 13.2 Å². The van der Waals surface area contributed by atoms with Gasteiger partial charge in [-0.1, -0.05) is 0 Å². The van der Waals surface area contributed by atoms with E-state index in [0.29, 0.717) is 25.2 Å². The average Bonchev–Trinajstić information content (AvgIpc) is 3.04. The minimum absolute atomic E-state index is 0. The molecule has 25 heavy (non-hydrogen) atoms. The normalized spacial score (nSPS) is 21.9. The largest absolute Gasteiger partial charge is 0.419 e. The molecule has 2 heterocycles. The number of hydrogen-bond donors (Lipinski definition) is 1. The molecule has 2 aliphatic rings. The fourth-order valence-corrected chi connectivity index (χ4v) is 3.33. The smallest absolute Gasteiger partial charge is 0.337 e. The highest BCUT2D eigenvalue weighted by atomic mass is 35.5. The molecule has 1 aromatic rings. The molecule has 2 fully saturated rings. The van der Waals surface area contributed by atoms with Crippen LogP contribution in [-0.2, 0) is 6.18 Å². The monoisotopic (exact) mass is 381 g/mol. The van der Waals surface area contributed by atoms with Crippen molar-refractivity contribution in [1.29, 1.82) is 0 Å². The van der Waals surface area contributed by atoms with E-state index in [1.165, 1.54) is 0 Å². The molecule has 1 atom stereocenters. The molecule has 0 aromatic heterocycles. The highest BCUT2D eigenvalue weighted by molar-refractivity contribution is 5.94. The van der Waals surface area contributed by atoms with Crippen LogP contribution in [0, 0.1) is 5.82 Å². The van der Waals surface area contributed by atoms with Crippen molar-refractivity contribution in [1.82, 2.24) is 15.1 Å². The zero-order valence-corrected chi connectivity index (χ0v) is 14.3. The number of amides is 1. The van der Waals surface area contributed by atoms with Gasteiger partial charge in [0, 0.05) is 50.9 Å². The summed E-state index contributed by atoms with van der Waals surface area (Å²) in [6, 6.07) is 2.67. The molecule has 2 aliphatic heterocycles. The van der Waals surface area contributed by atoms with E-state index in [-0.39, 0.29) is 24.0 Å². The number of rotatable bonds is 2. The Balaban J connectivity index is 0.00000225. The molecule has 3 rings (SSSR count). The third-order valence-corrected chi connectivity index (χ3v) is 4.64. The van der Waals surface area contributed by atoms with E-state index >= 15 is 0 Å². The van der Waals surface area contributed by atoms with Gasteiger partial charge in [0.05, 0.1) is 5.56 Å². The summed E-state index contributed by atoms with van der Waals surface area (Å²) < 4.78 is 51.7. The van der Waals surface area contributed by atoms with Crippen LogP contribution in [0.2, 0.25) is 0 Å². The molecule has 1 unspecified atom stereocenters. The number of hydrogen-bond acceptors (Lipinski definition) is 3. The number of nitrogens with zero attached hydrogens (tertiary/aromatic N) is 2. The van der Waals surface area contributed by atoms with Gasteiger partial charge in [0.15, 0.2) is 0 Å². The summed E-state index contributed by atoms with van der Waals surface area (Å²) in [5.41, 5.74) is -1.52. The molecule has 1 aromatic carbocycles. The van der Waals surface area contributed by atoms with Gasteiger partial charge in [-0.05, 0) is 24.6 Å². The Labute approximate surface area is 149 Å². The minimum atomic E-state index is -4.81. The summed E-state index contributed by atoms with van der Waals surface area (Å²) >= 11 is 0. The Hall–Kier alpha value is -1.38. The molecule has 0 bridgehead atoms. The maximum absolute atomic E-state index is 13.4. The lowest BCUT2D eigenvalue weighted by Gasteiger charge is -2.32. The Morgan fingerprint density at radius 1 is 1.16 bits per heavy atom. The van der Waals surface area contributed by atoms with Crippen LogP contribution in [-0.4, -0.2) is 61.0 Å². The summed E-state index contributed by atoms with van der Waals surface area (Å²) in [6.07, 6.45) is -4.01. The first-order chi connectivity index (χ1) is 11.4. The van der Waals surface area contributed by atoms with Crippen LogP contribution in [0.15, 0.2) is 18.2 Å². The van der Waals surface area contributed by atoms with Gasteiger partial charge >= 0.3 is 6.18 Å². The van der Waals surface area contributed by atoms with E-state index in [4.69, 9.17) is 0 Å². The van der Waals surface area contributed by atoms with Crippen molar-refractivity contribution in [3.63, 3.8) is 0 Å². The first-order valence-electron chi connectivity index (χ1n) is 7.97. The number of halogens is 5. The number of alkyl halides is 3. The predicted octanol–water partition coefficient (Wildman–Crippen LogP) is 2.39. The molecule has 1 N–H and O–H groups in total. The number of benzene rings is 1. The van der Waals surface area contributed by atoms with Crippen LogP contribution in [0.3, 0.4) is 0 Å². The summed E-state index contributed by atoms with van der Waals surface area (Å²) in [5.74, 6) is -1.84. The molecule has 0 radical (unpaired) electrons. The fourth-order valence-electron chi connectivity index (χ4n) is 3.33. The third kappa shape index (κ3) is 4.43. The number of nitrogens with one attached hydrogen (secondary N) is 1. The topological polar surface area (TPSA) is 35.6 Å². The SMILES string of the molecule is Cl.O=C(c1ccc(F)c(C(F)(F)F)c1)N1CCC(N2CCNCC2)C1. The zero-order chi connectivity index (χ0) is 17.3. The Morgan fingerprint density at radius 3 is 2.48 bits per heavy atom. The van der Waals surface area contributed by atoms with E-state index < -0.39 is 23.5 Å². The summed E-state index contributed by atoms with van der Waals surface area (Å²) in [5, 5.41) is 3.26. The number of carbonyl (C=O) groups excluding carboxylic acids is 1. The Bertz CT molecular complexity index is 620. The second-order valence-corrected chi connectivity index (χ2v) is 6.17. The summed E-state index contributed by atoms with van der Waals surface area (Å²) in [7, 11) is 0. The molecular weight excluding hydrogens is 362 g/mol. The average molecular weight is 382 g/mol. The van der Waals surface area contributed by atoms with E-state index in [2.05, 4.69) is 10.2 Å². The highest BCUT2D eigenvalue weighted by Gasteiger charge is 2.36. The first kappa shape index (κ1) is 19.9. The number of likely N-dealkylation sites (tertiary alicyclic amines) is 1. The van der Waals surface area contributed by atoms with Crippen LogP contribution in [0.5, 0.6) is 0 Å². The standard InChI is InChI=1S/C16H19F4N3O.ClH/c17-14-2-1-11(9-13(14)16(18,19)20)15(24)23-6-3-12(10-23)22-7-4-21-5-8-22;/h1-2,9,12,21H,3-8,10H2;1H. The van der Waals surface area contributed by atoms with Gasteiger partial charge in [0.2, 0.25) is 0 Å². The van der Waals surface area contributed by atoms with Gasteiger partial charge in [0.25, 0.3) is 5.91 Å². The summed E-state index contributed by atoms with van der Waals surface area (Å²) in [6.45, 7) is 4.61. The lowest BCUT2D eigenvalue weighted by molar-refractivity contribution is -0.140. The predicted molar refractivity (Wildman–Crippen MR) is 87.4 cm³/mol. The molecular formula is C16H20ClF4N3O. The molecule has 0 aliphatic carbocycles. The van der Waals surface area contributed by atoms with Crippen LogP contribution < -0.4 is 5.32 Å². The molecule has 140 valence electrons. The van der Waals surface area contributed by atoms with Crippen molar-refractivity contribution in [3.05, 3.63) is 35.1 Å². The van der Waals surface area contributed by atoms with Crippen molar-refractivity contribution in [3.8, 4) is 0 Å². The van der Waals surface area contributed by atoms with E-state index in [1.54, 1.807) is 4.90 Å². The number of carbonyl (C=O) groups is 1. The second kappa shape index (κ2) is 7.88. The molecule has 1 amide bonds.